The molecule has 0 amide bonds. The van der Waals surface area contributed by atoms with Crippen molar-refractivity contribution in [3.8, 4) is 44.5 Å². The van der Waals surface area contributed by atoms with E-state index in [1.165, 1.54) is 55.5 Å². The molecular weight excluding hydrogens is 691 g/mol. The van der Waals surface area contributed by atoms with Gasteiger partial charge in [0.15, 0.2) is 0 Å². The summed E-state index contributed by atoms with van der Waals surface area (Å²) in [4.78, 5) is 2.40. The van der Waals surface area contributed by atoms with Crippen LogP contribution < -0.4 is 4.90 Å². The Kier molecular flexibility index (Phi) is 7.55. The standard InChI is InChI=1S/C55H39NO/c1-55(2)51-20-12-11-18-45(51)46-31-30-43(34-52(46)55)56(41-26-21-38(22-27-41)36-13-5-3-6-14-36)42-28-23-39(24-29-42)48-35-50-49-33-40(37-15-7-4-8-16-37)25-32-53(49)57-54(50)47-19-10-9-17-44(47)48/h3-35H,1-2H3. The Morgan fingerprint density at radius 2 is 0.895 bits per heavy atom. The molecule has 11 rings (SSSR count). The average Bonchev–Trinajstić information content (AvgIpc) is 3.76. The fourth-order valence-electron chi connectivity index (χ4n) is 9.15. The lowest BCUT2D eigenvalue weighted by Gasteiger charge is -2.28. The maximum absolute atomic E-state index is 6.59. The van der Waals surface area contributed by atoms with Crippen LogP contribution in [0.2, 0.25) is 0 Å². The Balaban J connectivity index is 1.04. The van der Waals surface area contributed by atoms with Gasteiger partial charge >= 0.3 is 0 Å². The van der Waals surface area contributed by atoms with Crippen molar-refractivity contribution >= 4 is 49.8 Å². The van der Waals surface area contributed by atoms with E-state index in [2.05, 4.69) is 219 Å². The van der Waals surface area contributed by atoms with Crippen LogP contribution in [0, 0.1) is 0 Å². The van der Waals surface area contributed by atoms with Gasteiger partial charge in [-0.2, -0.15) is 0 Å². The van der Waals surface area contributed by atoms with Crippen molar-refractivity contribution in [2.24, 2.45) is 0 Å². The topological polar surface area (TPSA) is 16.4 Å². The summed E-state index contributed by atoms with van der Waals surface area (Å²) in [5.41, 5.74) is 17.6. The van der Waals surface area contributed by atoms with Gasteiger partial charge in [-0.05, 0) is 116 Å². The Bertz CT molecular complexity index is 3120. The second-order valence-corrected chi connectivity index (χ2v) is 15.7. The van der Waals surface area contributed by atoms with E-state index in [1.807, 2.05) is 0 Å². The summed E-state index contributed by atoms with van der Waals surface area (Å²) in [7, 11) is 0. The van der Waals surface area contributed by atoms with Gasteiger partial charge in [0, 0.05) is 38.6 Å². The number of furan rings is 1. The van der Waals surface area contributed by atoms with Gasteiger partial charge in [0.25, 0.3) is 0 Å². The average molecular weight is 730 g/mol. The van der Waals surface area contributed by atoms with Crippen molar-refractivity contribution in [1.82, 2.24) is 0 Å². The van der Waals surface area contributed by atoms with E-state index in [0.29, 0.717) is 0 Å². The molecular formula is C55H39NO. The molecule has 0 aliphatic heterocycles. The summed E-state index contributed by atoms with van der Waals surface area (Å²) in [6, 6.07) is 72.6. The van der Waals surface area contributed by atoms with Crippen LogP contribution in [0.15, 0.2) is 205 Å². The first-order valence-electron chi connectivity index (χ1n) is 19.8. The van der Waals surface area contributed by atoms with Crippen LogP contribution in [0.5, 0.6) is 0 Å². The molecule has 57 heavy (non-hydrogen) atoms. The maximum Gasteiger partial charge on any atom is 0.143 e. The summed E-state index contributed by atoms with van der Waals surface area (Å²) < 4.78 is 6.59. The molecule has 10 aromatic rings. The number of hydrogen-bond acceptors (Lipinski definition) is 2. The van der Waals surface area contributed by atoms with Crippen LogP contribution in [0.25, 0.3) is 77.2 Å². The lowest BCUT2D eigenvalue weighted by Crippen LogP contribution is -2.16. The Labute approximate surface area is 332 Å². The molecule has 270 valence electrons. The minimum Gasteiger partial charge on any atom is -0.455 e. The highest BCUT2D eigenvalue weighted by Gasteiger charge is 2.35. The van der Waals surface area contributed by atoms with Crippen LogP contribution >= 0.6 is 0 Å². The number of benzene rings is 9. The van der Waals surface area contributed by atoms with Crippen molar-refractivity contribution in [3.63, 3.8) is 0 Å². The minimum absolute atomic E-state index is 0.104. The molecule has 0 saturated carbocycles. The number of hydrogen-bond donors (Lipinski definition) is 0. The van der Waals surface area contributed by atoms with E-state index in [1.54, 1.807) is 0 Å². The first-order chi connectivity index (χ1) is 28.0. The van der Waals surface area contributed by atoms with Crippen LogP contribution in [0.1, 0.15) is 25.0 Å². The van der Waals surface area contributed by atoms with Crippen molar-refractivity contribution in [2.75, 3.05) is 4.90 Å². The summed E-state index contributed by atoms with van der Waals surface area (Å²) >= 11 is 0. The second kappa shape index (κ2) is 13.0. The van der Waals surface area contributed by atoms with Gasteiger partial charge in [-0.25, -0.2) is 0 Å². The van der Waals surface area contributed by atoms with Gasteiger partial charge in [-0.15, -0.1) is 0 Å². The molecule has 1 heterocycles. The van der Waals surface area contributed by atoms with Crippen molar-refractivity contribution in [3.05, 3.63) is 211 Å². The molecule has 2 heteroatoms. The third-order valence-electron chi connectivity index (χ3n) is 12.1. The summed E-state index contributed by atoms with van der Waals surface area (Å²) in [5.74, 6) is 0. The van der Waals surface area contributed by atoms with E-state index in [9.17, 15) is 0 Å². The van der Waals surface area contributed by atoms with Crippen molar-refractivity contribution < 1.29 is 4.42 Å². The Hall–Kier alpha value is -7.16. The zero-order valence-corrected chi connectivity index (χ0v) is 31.9. The van der Waals surface area contributed by atoms with E-state index in [4.69, 9.17) is 4.42 Å². The Morgan fingerprint density at radius 1 is 0.351 bits per heavy atom. The van der Waals surface area contributed by atoms with Crippen LogP contribution in [0.3, 0.4) is 0 Å². The molecule has 0 fully saturated rings. The second-order valence-electron chi connectivity index (χ2n) is 15.7. The normalized spacial score (nSPS) is 12.9. The first-order valence-corrected chi connectivity index (χ1v) is 19.8. The molecule has 0 bridgehead atoms. The monoisotopic (exact) mass is 729 g/mol. The number of anilines is 3. The van der Waals surface area contributed by atoms with E-state index in [-0.39, 0.29) is 5.41 Å². The van der Waals surface area contributed by atoms with E-state index >= 15 is 0 Å². The molecule has 2 nitrogen and oxygen atoms in total. The fourth-order valence-corrected chi connectivity index (χ4v) is 9.15. The number of nitrogens with zero attached hydrogens (tertiary/aromatic N) is 1. The fraction of sp³-hybridized carbons (Fsp3) is 0.0545. The molecule has 1 aliphatic carbocycles. The molecule has 0 radical (unpaired) electrons. The van der Waals surface area contributed by atoms with Gasteiger partial charge in [-0.3, -0.25) is 0 Å². The zero-order chi connectivity index (χ0) is 38.1. The van der Waals surface area contributed by atoms with Gasteiger partial charge in [0.05, 0.1) is 0 Å². The lowest BCUT2D eigenvalue weighted by molar-refractivity contribution is 0.660. The predicted octanol–water partition coefficient (Wildman–Crippen LogP) is 15.5. The predicted molar refractivity (Wildman–Crippen MR) is 240 cm³/mol. The minimum atomic E-state index is -0.104. The van der Waals surface area contributed by atoms with Gasteiger partial charge in [0.2, 0.25) is 0 Å². The van der Waals surface area contributed by atoms with Crippen molar-refractivity contribution in [2.45, 2.75) is 19.3 Å². The van der Waals surface area contributed by atoms with Crippen LogP contribution in [-0.4, -0.2) is 0 Å². The zero-order valence-electron chi connectivity index (χ0n) is 31.9. The first kappa shape index (κ1) is 33.2. The molecule has 1 aliphatic rings. The van der Waals surface area contributed by atoms with E-state index < -0.39 is 0 Å². The Morgan fingerprint density at radius 3 is 1.61 bits per heavy atom. The quantitative estimate of drug-likeness (QED) is 0.169. The summed E-state index contributed by atoms with van der Waals surface area (Å²) in [5, 5.41) is 4.55. The molecule has 0 N–H and O–H groups in total. The van der Waals surface area contributed by atoms with Crippen LogP contribution in [0.4, 0.5) is 17.1 Å². The molecule has 0 saturated heterocycles. The van der Waals surface area contributed by atoms with Gasteiger partial charge in [-0.1, -0.05) is 159 Å². The SMILES string of the molecule is CC1(C)c2ccccc2-c2ccc(N(c3ccc(-c4ccccc4)cc3)c3ccc(-c4cc5c6cc(-c7ccccc7)ccc6oc5c5ccccc45)cc3)cc21. The molecule has 0 unspecified atom stereocenters. The smallest absolute Gasteiger partial charge is 0.143 e. The summed E-state index contributed by atoms with van der Waals surface area (Å²) in [6.07, 6.45) is 0. The maximum atomic E-state index is 6.59. The highest BCUT2D eigenvalue weighted by atomic mass is 16.3. The number of fused-ring (bicyclic) bond motifs is 8. The third-order valence-corrected chi connectivity index (χ3v) is 12.1. The highest BCUT2D eigenvalue weighted by Crippen LogP contribution is 2.51. The van der Waals surface area contributed by atoms with Gasteiger partial charge < -0.3 is 9.32 Å². The summed E-state index contributed by atoms with van der Waals surface area (Å²) in [6.45, 7) is 4.70. The molecule has 0 spiro atoms. The molecule has 0 atom stereocenters. The van der Waals surface area contributed by atoms with E-state index in [0.717, 1.165) is 50.0 Å². The highest BCUT2D eigenvalue weighted by molar-refractivity contribution is 6.19. The number of rotatable bonds is 6. The van der Waals surface area contributed by atoms with Gasteiger partial charge in [0.1, 0.15) is 11.2 Å². The molecule has 9 aromatic carbocycles. The van der Waals surface area contributed by atoms with Crippen LogP contribution in [-0.2, 0) is 5.41 Å². The molecule has 1 aromatic heterocycles. The lowest BCUT2D eigenvalue weighted by atomic mass is 9.82. The largest absolute Gasteiger partial charge is 0.455 e. The third kappa shape index (κ3) is 5.40. The van der Waals surface area contributed by atoms with Crippen molar-refractivity contribution in [1.29, 1.82) is 0 Å².